The van der Waals surface area contributed by atoms with Crippen LogP contribution in [0.5, 0.6) is 0 Å². The van der Waals surface area contributed by atoms with Crippen molar-refractivity contribution in [1.29, 1.82) is 0 Å². The minimum atomic E-state index is -0.180. The van der Waals surface area contributed by atoms with Gasteiger partial charge in [0.15, 0.2) is 0 Å². The molecule has 11 aromatic carbocycles. The molecular weight excluding hydrogens is 1340 g/mol. The number of hydrogen-bond donors (Lipinski definition) is 0. The van der Waals surface area contributed by atoms with Gasteiger partial charge >= 0.3 is 0 Å². The van der Waals surface area contributed by atoms with Gasteiger partial charge in [-0.1, -0.05) is 331 Å². The van der Waals surface area contributed by atoms with Gasteiger partial charge in [0.05, 0.1) is 15.2 Å². The van der Waals surface area contributed by atoms with Crippen LogP contribution in [0.15, 0.2) is 279 Å². The number of rotatable bonds is 9. The molecule has 15 aromatic rings. The molecule has 0 radical (unpaired) electrons. The summed E-state index contributed by atoms with van der Waals surface area (Å²) >= 11 is 7.62. The molecule has 528 valence electrons. The van der Waals surface area contributed by atoms with E-state index in [9.17, 15) is 0 Å². The summed E-state index contributed by atoms with van der Waals surface area (Å²) in [4.78, 5) is 11.1. The molecule has 0 N–H and O–H groups in total. The quantitative estimate of drug-likeness (QED) is 0.135. The average Bonchev–Trinajstić information content (AvgIpc) is 1.57. The van der Waals surface area contributed by atoms with Gasteiger partial charge in [0.1, 0.15) is 0 Å². The summed E-state index contributed by atoms with van der Waals surface area (Å²) in [7, 11) is 0. The van der Waals surface area contributed by atoms with Crippen LogP contribution >= 0.6 is 45.3 Å². The molecule has 0 aliphatic heterocycles. The summed E-state index contributed by atoms with van der Waals surface area (Å²) in [6, 6.07) is 104. The fourth-order valence-electron chi connectivity index (χ4n) is 14.7. The highest BCUT2D eigenvalue weighted by Gasteiger charge is 2.51. The SMILES string of the molecule is CC.CC.CC.CC.Cc1ccc(-c2c(-c3ccc(C)cc3)c(-c3ccc(C)cc3)c(-c3ccc(C)cc3)c(-c3ccc(C)cc3)c2-c2ccc(C)cc2)cc1.Cc1ccc(-c2cc(C)sc2-c2sc(C)cc2-c2ccc(C)s2)s1.c1ccc2c(c1)-c1ccccc1C21c2ccccc2-c2ccccc21. The normalized spacial score (nSPS) is 11.4. The van der Waals surface area contributed by atoms with Crippen molar-refractivity contribution in [2.24, 2.45) is 0 Å². The van der Waals surface area contributed by atoms with Crippen molar-refractivity contribution in [2.45, 2.75) is 130 Å². The third-order valence-electron chi connectivity index (χ3n) is 19.4. The predicted molar refractivity (Wildman–Crippen MR) is 469 cm³/mol. The van der Waals surface area contributed by atoms with Crippen molar-refractivity contribution < 1.29 is 0 Å². The fourth-order valence-corrected chi connectivity index (χ4v) is 18.9. The van der Waals surface area contributed by atoms with Gasteiger partial charge < -0.3 is 0 Å². The van der Waals surface area contributed by atoms with Crippen LogP contribution in [0.4, 0.5) is 0 Å². The first-order chi connectivity index (χ1) is 51.2. The lowest BCUT2D eigenvalue weighted by molar-refractivity contribution is 0.794. The maximum atomic E-state index is 2.35. The zero-order valence-corrected chi connectivity index (χ0v) is 68.0. The van der Waals surface area contributed by atoms with Gasteiger partial charge in [-0.2, -0.15) is 0 Å². The van der Waals surface area contributed by atoms with Crippen LogP contribution in [0, 0.1) is 69.2 Å². The highest BCUT2D eigenvalue weighted by Crippen LogP contribution is 2.63. The molecule has 1 spiro atoms. The predicted octanol–water partition coefficient (Wildman–Crippen LogP) is 31.8. The smallest absolute Gasteiger partial charge is 0.0725 e. The molecule has 17 rings (SSSR count). The number of hydrogen-bond acceptors (Lipinski definition) is 4. The minimum absolute atomic E-state index is 0.180. The van der Waals surface area contributed by atoms with Crippen LogP contribution in [0.25, 0.3) is 120 Å². The maximum Gasteiger partial charge on any atom is 0.0725 e. The second kappa shape index (κ2) is 34.4. The highest BCUT2D eigenvalue weighted by atomic mass is 32.1. The first-order valence-corrected chi connectivity index (χ1v) is 40.9. The van der Waals surface area contributed by atoms with E-state index in [0.717, 1.165) is 0 Å². The Bertz CT molecular complexity index is 4680. The van der Waals surface area contributed by atoms with E-state index in [-0.39, 0.29) is 5.41 Å². The van der Waals surface area contributed by atoms with Crippen molar-refractivity contribution in [3.8, 4) is 120 Å². The van der Waals surface area contributed by atoms with Gasteiger partial charge in [-0.3, -0.25) is 0 Å². The summed E-state index contributed by atoms with van der Waals surface area (Å²) in [6.07, 6.45) is 0. The lowest BCUT2D eigenvalue weighted by atomic mass is 9.70. The average molecular weight is 1440 g/mol. The Morgan fingerprint density at radius 1 is 0.190 bits per heavy atom. The molecule has 4 aromatic heterocycles. The Morgan fingerprint density at radius 2 is 0.390 bits per heavy atom. The Labute approximate surface area is 644 Å². The molecule has 2 aliphatic carbocycles. The molecule has 4 heteroatoms. The zero-order chi connectivity index (χ0) is 74.6. The number of thiophene rings is 4. The van der Waals surface area contributed by atoms with Crippen LogP contribution in [0.1, 0.15) is 131 Å². The fraction of sp³-hybridized carbons (Fsp3) is 0.188. The van der Waals surface area contributed by atoms with Crippen molar-refractivity contribution >= 4 is 45.3 Å². The molecular formula is C101H100S4. The van der Waals surface area contributed by atoms with E-state index in [1.807, 2.05) is 101 Å². The monoisotopic (exact) mass is 1440 g/mol. The summed E-state index contributed by atoms with van der Waals surface area (Å²) in [5, 5.41) is 0. The van der Waals surface area contributed by atoms with Gasteiger partial charge in [-0.25, -0.2) is 0 Å². The van der Waals surface area contributed by atoms with Crippen molar-refractivity contribution in [1.82, 2.24) is 0 Å². The van der Waals surface area contributed by atoms with Crippen LogP contribution in [-0.2, 0) is 5.41 Å². The summed E-state index contributed by atoms with van der Waals surface area (Å²) < 4.78 is 0. The van der Waals surface area contributed by atoms with E-state index in [4.69, 9.17) is 0 Å². The lowest BCUT2D eigenvalue weighted by Crippen LogP contribution is -2.25. The van der Waals surface area contributed by atoms with Crippen LogP contribution in [0.2, 0.25) is 0 Å². The summed E-state index contributed by atoms with van der Waals surface area (Å²) in [6.45, 7) is 37.8. The van der Waals surface area contributed by atoms with Crippen molar-refractivity contribution in [2.75, 3.05) is 0 Å². The van der Waals surface area contributed by atoms with E-state index in [1.54, 1.807) is 0 Å². The second-order valence-corrected chi connectivity index (χ2v) is 31.5. The largest absolute Gasteiger partial charge is 0.141 e. The van der Waals surface area contributed by atoms with E-state index in [2.05, 4.69) is 348 Å². The van der Waals surface area contributed by atoms with E-state index < -0.39 is 0 Å². The van der Waals surface area contributed by atoms with Crippen LogP contribution in [-0.4, -0.2) is 0 Å². The molecule has 105 heavy (non-hydrogen) atoms. The number of benzene rings is 11. The molecule has 0 saturated heterocycles. The van der Waals surface area contributed by atoms with Gasteiger partial charge in [0.25, 0.3) is 0 Å². The topological polar surface area (TPSA) is 0 Å². The molecule has 0 nitrogen and oxygen atoms in total. The number of aryl methyl sites for hydroxylation is 10. The third kappa shape index (κ3) is 15.4. The zero-order valence-electron chi connectivity index (χ0n) is 64.7. The van der Waals surface area contributed by atoms with E-state index >= 15 is 0 Å². The van der Waals surface area contributed by atoms with Gasteiger partial charge in [0.2, 0.25) is 0 Å². The summed E-state index contributed by atoms with van der Waals surface area (Å²) in [5.74, 6) is 0. The molecule has 0 fully saturated rings. The molecule has 0 saturated carbocycles. The van der Waals surface area contributed by atoms with Crippen LogP contribution < -0.4 is 0 Å². The van der Waals surface area contributed by atoms with Gasteiger partial charge in [-0.05, 0) is 217 Å². The second-order valence-electron chi connectivity index (χ2n) is 26.4. The van der Waals surface area contributed by atoms with Crippen molar-refractivity contribution in [3.63, 3.8) is 0 Å². The molecule has 4 heterocycles. The Balaban J connectivity index is 0.000000162. The lowest BCUT2D eigenvalue weighted by Gasteiger charge is -2.30. The van der Waals surface area contributed by atoms with Crippen LogP contribution in [0.3, 0.4) is 0 Å². The molecule has 0 atom stereocenters. The van der Waals surface area contributed by atoms with E-state index in [1.165, 1.54) is 195 Å². The Kier molecular flexibility index (Phi) is 25.0. The first kappa shape index (κ1) is 76.4. The molecule has 0 amide bonds. The van der Waals surface area contributed by atoms with E-state index in [0.29, 0.717) is 0 Å². The third-order valence-corrected chi connectivity index (χ3v) is 23.7. The molecule has 0 bridgehead atoms. The first-order valence-electron chi connectivity index (χ1n) is 37.6. The molecule has 2 aliphatic rings. The van der Waals surface area contributed by atoms with Gasteiger partial charge in [-0.15, -0.1) is 45.3 Å². The highest BCUT2D eigenvalue weighted by molar-refractivity contribution is 7.24. The van der Waals surface area contributed by atoms with Gasteiger partial charge in [0, 0.05) is 40.4 Å². The summed E-state index contributed by atoms with van der Waals surface area (Å²) in [5.41, 5.74) is 36.0. The maximum absolute atomic E-state index is 2.35. The Morgan fingerprint density at radius 3 is 0.581 bits per heavy atom. The Hall–Kier alpha value is -9.78. The standard InChI is InChI=1S/C48H42.C25H16.C20H18S4.4C2H6/c1-31-7-19-37(20-8-31)43-44(38-21-9-32(2)10-22-38)46(40-25-13-34(4)14-26-40)48(42-29-17-36(6)18-30-42)47(41-27-15-35(5)16-28-41)45(43)39-23-11-33(3)12-24-39;1-5-13-21-17(9-1)18-10-2-6-14-22(18)25(21)23-15-7-3-11-19(23)20-12-4-8-16-24(20)25;1-11-5-7-17(21-11)15-9-13(3)23-19(15)20-16(10-14(4)24-20)18-8-6-12(2)22-18;4*1-2/h7-30H,1-6H3;1-16H;5-10H,1-4H3;4*1-2H3. The number of fused-ring (bicyclic) bond motifs is 10. The minimum Gasteiger partial charge on any atom is -0.141 e. The van der Waals surface area contributed by atoms with Crippen molar-refractivity contribution in [3.05, 3.63) is 354 Å². The molecule has 0 unspecified atom stereocenters.